The van der Waals surface area contributed by atoms with Crippen LogP contribution in [0.3, 0.4) is 0 Å². The predicted octanol–water partition coefficient (Wildman–Crippen LogP) is 3.94. The van der Waals surface area contributed by atoms with Crippen LogP contribution >= 0.6 is 23.4 Å². The molecule has 0 aliphatic heterocycles. The smallest absolute Gasteiger partial charge is 0.277 e. The molecule has 0 aliphatic rings. The van der Waals surface area contributed by atoms with Gasteiger partial charge in [-0.15, -0.1) is 10.2 Å². The Kier molecular flexibility index (Phi) is 5.67. The summed E-state index contributed by atoms with van der Waals surface area (Å²) in [5.41, 5.74) is 1.14. The van der Waals surface area contributed by atoms with Crippen molar-refractivity contribution in [2.75, 3.05) is 5.75 Å². The van der Waals surface area contributed by atoms with Gasteiger partial charge in [-0.2, -0.15) is 0 Å². The summed E-state index contributed by atoms with van der Waals surface area (Å²) in [6.45, 7) is 0.379. The summed E-state index contributed by atoms with van der Waals surface area (Å²) >= 11 is 6.98. The van der Waals surface area contributed by atoms with Crippen molar-refractivity contribution in [3.8, 4) is 11.5 Å². The maximum absolute atomic E-state index is 13.7. The highest BCUT2D eigenvalue weighted by Gasteiger charge is 2.13. The first-order valence-electron chi connectivity index (χ1n) is 7.34. The molecule has 0 radical (unpaired) electrons. The molecular weight excluding hydrogens is 365 g/mol. The van der Waals surface area contributed by atoms with Crippen LogP contribution < -0.4 is 5.32 Å². The molecule has 0 fully saturated rings. The lowest BCUT2D eigenvalue weighted by molar-refractivity contribution is -0.118. The quantitative estimate of drug-likeness (QED) is 0.659. The van der Waals surface area contributed by atoms with Crippen LogP contribution in [0.25, 0.3) is 11.5 Å². The van der Waals surface area contributed by atoms with E-state index in [1.54, 1.807) is 30.3 Å². The van der Waals surface area contributed by atoms with Crippen molar-refractivity contribution in [3.63, 3.8) is 0 Å². The third-order valence-electron chi connectivity index (χ3n) is 3.22. The first kappa shape index (κ1) is 17.4. The Labute approximate surface area is 152 Å². The number of carbonyl (C=O) groups is 1. The maximum atomic E-state index is 13.7. The first-order chi connectivity index (χ1) is 12.1. The molecule has 25 heavy (non-hydrogen) atoms. The van der Waals surface area contributed by atoms with Crippen molar-refractivity contribution >= 4 is 29.3 Å². The van der Waals surface area contributed by atoms with Gasteiger partial charge in [0.05, 0.1) is 11.3 Å². The molecule has 0 atom stereocenters. The van der Waals surface area contributed by atoms with Gasteiger partial charge < -0.3 is 9.73 Å². The lowest BCUT2D eigenvalue weighted by Crippen LogP contribution is -2.24. The summed E-state index contributed by atoms with van der Waals surface area (Å²) in [6, 6.07) is 13.4. The molecule has 0 saturated carbocycles. The Balaban J connectivity index is 1.52. The molecule has 1 N–H and O–H groups in total. The predicted molar refractivity (Wildman–Crippen MR) is 93.7 cm³/mol. The minimum absolute atomic E-state index is 0.0833. The Morgan fingerprint density at radius 3 is 2.84 bits per heavy atom. The number of halogens is 2. The van der Waals surface area contributed by atoms with E-state index in [2.05, 4.69) is 15.5 Å². The number of nitrogens with one attached hydrogen (secondary N) is 1. The average molecular weight is 378 g/mol. The molecule has 3 aromatic rings. The third kappa shape index (κ3) is 4.80. The van der Waals surface area contributed by atoms with Crippen LogP contribution in [0.4, 0.5) is 4.39 Å². The zero-order valence-electron chi connectivity index (χ0n) is 12.9. The van der Waals surface area contributed by atoms with Gasteiger partial charge in [0.25, 0.3) is 11.1 Å². The normalized spacial score (nSPS) is 10.6. The molecule has 5 nitrogen and oxygen atoms in total. The van der Waals surface area contributed by atoms with Gasteiger partial charge >= 0.3 is 0 Å². The molecule has 0 unspecified atom stereocenters. The summed E-state index contributed by atoms with van der Waals surface area (Å²) in [4.78, 5) is 11.9. The maximum Gasteiger partial charge on any atom is 0.277 e. The van der Waals surface area contributed by atoms with Crippen molar-refractivity contribution in [3.05, 3.63) is 64.9 Å². The molecule has 3 rings (SSSR count). The van der Waals surface area contributed by atoms with Gasteiger partial charge in [-0.25, -0.2) is 4.39 Å². The highest BCUT2D eigenvalue weighted by molar-refractivity contribution is 7.99. The van der Waals surface area contributed by atoms with Crippen LogP contribution in [-0.4, -0.2) is 21.9 Å². The van der Waals surface area contributed by atoms with E-state index in [0.717, 1.165) is 17.3 Å². The molecule has 1 aromatic heterocycles. The van der Waals surface area contributed by atoms with Crippen LogP contribution in [0.2, 0.25) is 5.02 Å². The molecule has 0 saturated heterocycles. The molecule has 0 bridgehead atoms. The van der Waals surface area contributed by atoms with Gasteiger partial charge in [-0.3, -0.25) is 4.79 Å². The van der Waals surface area contributed by atoms with Crippen molar-refractivity contribution < 1.29 is 13.6 Å². The number of hydrogen-bond donors (Lipinski definition) is 1. The van der Waals surface area contributed by atoms with Gasteiger partial charge in [0.15, 0.2) is 0 Å². The Hall–Kier alpha value is -2.38. The van der Waals surface area contributed by atoms with E-state index in [9.17, 15) is 9.18 Å². The SMILES string of the molecule is O=C(CSc1nnc(-c2ccccc2F)o1)NCc1cccc(Cl)c1. The van der Waals surface area contributed by atoms with E-state index >= 15 is 0 Å². The topological polar surface area (TPSA) is 68.0 Å². The average Bonchev–Trinajstić information content (AvgIpc) is 3.07. The van der Waals surface area contributed by atoms with E-state index < -0.39 is 5.82 Å². The summed E-state index contributed by atoms with van der Waals surface area (Å²) in [7, 11) is 0. The van der Waals surface area contributed by atoms with E-state index in [0.29, 0.717) is 11.6 Å². The standard InChI is InChI=1S/C17H13ClFN3O2S/c18-12-5-3-4-11(8-12)9-20-15(23)10-25-17-22-21-16(24-17)13-6-1-2-7-14(13)19/h1-8H,9-10H2,(H,20,23). The van der Waals surface area contributed by atoms with Gasteiger partial charge in [0, 0.05) is 11.6 Å². The number of thioether (sulfide) groups is 1. The van der Waals surface area contributed by atoms with Crippen LogP contribution in [0.1, 0.15) is 5.56 Å². The Bertz CT molecular complexity index is 888. The van der Waals surface area contributed by atoms with Crippen LogP contribution in [0.15, 0.2) is 58.2 Å². The Morgan fingerprint density at radius 2 is 2.04 bits per heavy atom. The molecule has 128 valence electrons. The molecule has 0 aliphatic carbocycles. The fourth-order valence-corrected chi connectivity index (χ4v) is 2.84. The molecule has 2 aromatic carbocycles. The molecule has 1 heterocycles. The van der Waals surface area contributed by atoms with E-state index in [1.165, 1.54) is 6.07 Å². The second-order valence-corrected chi connectivity index (χ2v) is 6.41. The lowest BCUT2D eigenvalue weighted by atomic mass is 10.2. The molecule has 1 amide bonds. The summed E-state index contributed by atoms with van der Waals surface area (Å²) in [6.07, 6.45) is 0. The number of aromatic nitrogens is 2. The molecule has 0 spiro atoms. The molecule has 8 heteroatoms. The summed E-state index contributed by atoms with van der Waals surface area (Å²) in [5.74, 6) is -0.433. The fourth-order valence-electron chi connectivity index (χ4n) is 2.04. The van der Waals surface area contributed by atoms with Gasteiger partial charge in [-0.1, -0.05) is 47.6 Å². The fraction of sp³-hybridized carbons (Fsp3) is 0.118. The number of amides is 1. The van der Waals surface area contributed by atoms with Crippen molar-refractivity contribution in [1.29, 1.82) is 0 Å². The van der Waals surface area contributed by atoms with Crippen molar-refractivity contribution in [2.24, 2.45) is 0 Å². The van der Waals surface area contributed by atoms with Crippen molar-refractivity contribution in [2.45, 2.75) is 11.8 Å². The zero-order chi connectivity index (χ0) is 17.6. The van der Waals surface area contributed by atoms with E-state index in [-0.39, 0.29) is 28.3 Å². The number of carbonyl (C=O) groups excluding carboxylic acids is 1. The van der Waals surface area contributed by atoms with E-state index in [1.807, 2.05) is 12.1 Å². The van der Waals surface area contributed by atoms with Gasteiger partial charge in [0.2, 0.25) is 5.91 Å². The second-order valence-electron chi connectivity index (χ2n) is 5.05. The second kappa shape index (κ2) is 8.13. The number of hydrogen-bond acceptors (Lipinski definition) is 5. The van der Waals surface area contributed by atoms with Crippen LogP contribution in [0.5, 0.6) is 0 Å². The zero-order valence-corrected chi connectivity index (χ0v) is 14.5. The third-order valence-corrected chi connectivity index (χ3v) is 4.27. The summed E-state index contributed by atoms with van der Waals surface area (Å²) < 4.78 is 19.1. The lowest BCUT2D eigenvalue weighted by Gasteiger charge is -2.04. The van der Waals surface area contributed by atoms with Crippen molar-refractivity contribution in [1.82, 2.24) is 15.5 Å². The molecular formula is C17H13ClFN3O2S. The number of benzene rings is 2. The number of nitrogens with zero attached hydrogens (tertiary/aromatic N) is 2. The largest absolute Gasteiger partial charge is 0.411 e. The minimum Gasteiger partial charge on any atom is -0.411 e. The van der Waals surface area contributed by atoms with E-state index in [4.69, 9.17) is 16.0 Å². The highest BCUT2D eigenvalue weighted by atomic mass is 35.5. The Morgan fingerprint density at radius 1 is 1.20 bits per heavy atom. The monoisotopic (exact) mass is 377 g/mol. The van der Waals surface area contributed by atoms with Gasteiger partial charge in [-0.05, 0) is 29.8 Å². The highest BCUT2D eigenvalue weighted by Crippen LogP contribution is 2.24. The van der Waals surface area contributed by atoms with Gasteiger partial charge in [0.1, 0.15) is 5.82 Å². The number of rotatable bonds is 6. The minimum atomic E-state index is -0.443. The van der Waals surface area contributed by atoms with Crippen LogP contribution in [-0.2, 0) is 11.3 Å². The summed E-state index contributed by atoms with van der Waals surface area (Å²) in [5, 5.41) is 11.2. The first-order valence-corrected chi connectivity index (χ1v) is 8.70. The van der Waals surface area contributed by atoms with Crippen LogP contribution in [0, 0.1) is 5.82 Å².